The topological polar surface area (TPSA) is 43.6 Å². The first-order valence-electron chi connectivity index (χ1n) is 12.0. The minimum Gasteiger partial charge on any atom is -0.481 e. The third-order valence-corrected chi connectivity index (χ3v) is 7.19. The van der Waals surface area contributed by atoms with Crippen LogP contribution in [0.15, 0.2) is 72.5 Å². The van der Waals surface area contributed by atoms with Gasteiger partial charge in [0.05, 0.1) is 5.41 Å². The van der Waals surface area contributed by atoms with E-state index in [1.807, 2.05) is 0 Å². The monoisotopic (exact) mass is 443 g/mol. The molecule has 0 radical (unpaired) electrons. The van der Waals surface area contributed by atoms with Crippen molar-refractivity contribution < 1.29 is 14.5 Å². The van der Waals surface area contributed by atoms with Crippen LogP contribution in [0.5, 0.6) is 0 Å². The molecule has 0 amide bonds. The Morgan fingerprint density at radius 1 is 1.09 bits per heavy atom. The summed E-state index contributed by atoms with van der Waals surface area (Å²) in [5.41, 5.74) is 7.81. The number of carboxylic acids is 1. The quantitative estimate of drug-likeness (QED) is 0.379. The summed E-state index contributed by atoms with van der Waals surface area (Å²) >= 11 is 0. The van der Waals surface area contributed by atoms with Crippen LogP contribution in [0.1, 0.15) is 63.5 Å². The van der Waals surface area contributed by atoms with Gasteiger partial charge in [-0.2, -0.15) is 4.58 Å². The molecule has 2 aromatic rings. The highest BCUT2D eigenvalue weighted by atomic mass is 16.4. The summed E-state index contributed by atoms with van der Waals surface area (Å²) in [6.07, 6.45) is 9.61. The Hall–Kier alpha value is -3.14. The van der Waals surface area contributed by atoms with Crippen molar-refractivity contribution in [1.82, 2.24) is 0 Å². The van der Waals surface area contributed by atoms with Crippen molar-refractivity contribution in [2.24, 2.45) is 0 Å². The standard InChI is InChI=1S/C29H34N2O2/c1-21-22-13-7-9-15-25(22)30(4)24(21)17-12-18-27-29(2,3)23-14-8-10-16-26(23)31(27)20-11-5-6-19-28(32)33/h7-10,12-18,21H,5-6,11,19-20H2,1-4H3/p+1. The maximum absolute atomic E-state index is 10.8. The summed E-state index contributed by atoms with van der Waals surface area (Å²) in [4.78, 5) is 13.1. The molecule has 2 aromatic carbocycles. The third-order valence-electron chi connectivity index (χ3n) is 7.19. The molecular formula is C29H35N2O2+. The van der Waals surface area contributed by atoms with Gasteiger partial charge in [0.15, 0.2) is 5.71 Å². The molecule has 4 heteroatoms. The van der Waals surface area contributed by atoms with Gasteiger partial charge in [0.25, 0.3) is 0 Å². The number of rotatable bonds is 8. The molecule has 2 aliphatic rings. The maximum atomic E-state index is 10.8. The summed E-state index contributed by atoms with van der Waals surface area (Å²) in [6.45, 7) is 7.76. The van der Waals surface area contributed by atoms with Gasteiger partial charge in [-0.3, -0.25) is 4.79 Å². The van der Waals surface area contributed by atoms with E-state index in [9.17, 15) is 4.79 Å². The summed E-state index contributed by atoms with van der Waals surface area (Å²) in [5.74, 6) is -0.334. The van der Waals surface area contributed by atoms with E-state index in [2.05, 4.69) is 104 Å². The largest absolute Gasteiger partial charge is 0.481 e. The molecule has 0 aliphatic carbocycles. The van der Waals surface area contributed by atoms with Crippen LogP contribution < -0.4 is 4.90 Å². The Bertz CT molecular complexity index is 1110. The Balaban J connectivity index is 1.60. The Morgan fingerprint density at radius 2 is 1.82 bits per heavy atom. The number of allylic oxidation sites excluding steroid dienone is 4. The van der Waals surface area contributed by atoms with Crippen molar-refractivity contribution in [3.05, 3.63) is 83.6 Å². The second kappa shape index (κ2) is 9.38. The minimum atomic E-state index is -0.709. The normalized spacial score (nSPS) is 20.1. The fraction of sp³-hybridized carbons (Fsp3) is 0.379. The van der Waals surface area contributed by atoms with Crippen LogP contribution in [0.2, 0.25) is 0 Å². The molecule has 0 aromatic heterocycles. The van der Waals surface area contributed by atoms with Crippen molar-refractivity contribution in [3.8, 4) is 0 Å². The van der Waals surface area contributed by atoms with E-state index in [-0.39, 0.29) is 11.8 Å². The van der Waals surface area contributed by atoms with E-state index in [4.69, 9.17) is 5.11 Å². The van der Waals surface area contributed by atoms with Crippen LogP contribution in [0.25, 0.3) is 0 Å². The second-order valence-corrected chi connectivity index (χ2v) is 9.67. The van der Waals surface area contributed by atoms with E-state index >= 15 is 0 Å². The highest BCUT2D eigenvalue weighted by Crippen LogP contribution is 2.42. The van der Waals surface area contributed by atoms with E-state index in [0.717, 1.165) is 25.8 Å². The van der Waals surface area contributed by atoms with Crippen LogP contribution in [0, 0.1) is 0 Å². The number of carbonyl (C=O) groups is 1. The molecular weight excluding hydrogens is 408 g/mol. The smallest absolute Gasteiger partial charge is 0.303 e. The number of likely N-dealkylation sites (N-methyl/N-ethyl adjacent to an activating group) is 1. The molecule has 0 fully saturated rings. The van der Waals surface area contributed by atoms with E-state index < -0.39 is 5.97 Å². The molecule has 1 N–H and O–H groups in total. The number of carboxylic acid groups (broad SMARTS) is 1. The van der Waals surface area contributed by atoms with Crippen molar-refractivity contribution in [3.63, 3.8) is 0 Å². The first kappa shape index (κ1) is 23.0. The predicted molar refractivity (Wildman–Crippen MR) is 136 cm³/mol. The second-order valence-electron chi connectivity index (χ2n) is 9.67. The number of unbranched alkanes of at least 4 members (excludes halogenated alkanes) is 2. The van der Waals surface area contributed by atoms with Crippen molar-refractivity contribution >= 4 is 23.1 Å². The number of anilines is 1. The lowest BCUT2D eigenvalue weighted by molar-refractivity contribution is -0.438. The number of hydrogen-bond donors (Lipinski definition) is 1. The average molecular weight is 444 g/mol. The highest BCUT2D eigenvalue weighted by Gasteiger charge is 2.43. The van der Waals surface area contributed by atoms with Gasteiger partial charge in [-0.15, -0.1) is 0 Å². The van der Waals surface area contributed by atoms with Crippen molar-refractivity contribution in [1.29, 1.82) is 0 Å². The Kier molecular flexibility index (Phi) is 6.55. The number of nitrogens with zero attached hydrogens (tertiary/aromatic N) is 2. The molecule has 172 valence electrons. The number of para-hydroxylation sites is 2. The third kappa shape index (κ3) is 4.39. The highest BCUT2D eigenvalue weighted by molar-refractivity contribution is 6.03. The lowest BCUT2D eigenvalue weighted by atomic mass is 9.81. The van der Waals surface area contributed by atoms with E-state index in [1.54, 1.807) is 0 Å². The van der Waals surface area contributed by atoms with Gasteiger partial charge in [-0.25, -0.2) is 0 Å². The van der Waals surface area contributed by atoms with Gasteiger partial charge in [-0.1, -0.05) is 49.4 Å². The fourth-order valence-electron chi connectivity index (χ4n) is 5.35. The Labute approximate surface area is 197 Å². The van der Waals surface area contributed by atoms with Crippen LogP contribution in [-0.4, -0.2) is 35.0 Å². The van der Waals surface area contributed by atoms with Crippen LogP contribution in [-0.2, 0) is 10.2 Å². The summed E-state index contributed by atoms with van der Waals surface area (Å²) in [5, 5.41) is 8.91. The van der Waals surface area contributed by atoms with E-state index in [0.29, 0.717) is 5.92 Å². The molecule has 1 atom stereocenters. The summed E-state index contributed by atoms with van der Waals surface area (Å²) in [6, 6.07) is 17.3. The molecule has 33 heavy (non-hydrogen) atoms. The molecule has 0 saturated heterocycles. The molecule has 4 nitrogen and oxygen atoms in total. The zero-order valence-corrected chi connectivity index (χ0v) is 20.2. The van der Waals surface area contributed by atoms with Gasteiger partial charge in [0.2, 0.25) is 5.69 Å². The van der Waals surface area contributed by atoms with Gasteiger partial charge in [0, 0.05) is 54.9 Å². The first-order chi connectivity index (χ1) is 15.8. The Morgan fingerprint density at radius 3 is 2.58 bits per heavy atom. The molecule has 0 spiro atoms. The van der Waals surface area contributed by atoms with Gasteiger partial charge in [-0.05, 0) is 44.4 Å². The molecule has 0 bridgehead atoms. The number of aliphatic carboxylic acids is 1. The molecule has 4 rings (SSSR count). The SMILES string of the molecule is CC1C(=CC=CC2=[N+](CCCCCC(=O)O)c3ccccc3C2(C)C)N(C)c2ccccc21. The molecule has 1 unspecified atom stereocenters. The maximum Gasteiger partial charge on any atom is 0.303 e. The minimum absolute atomic E-state index is 0.0805. The van der Waals surface area contributed by atoms with E-state index in [1.165, 1.54) is 33.9 Å². The number of benzene rings is 2. The van der Waals surface area contributed by atoms with Gasteiger partial charge >= 0.3 is 5.97 Å². The van der Waals surface area contributed by atoms with Gasteiger partial charge in [0.1, 0.15) is 6.54 Å². The lowest BCUT2D eigenvalue weighted by Crippen LogP contribution is -2.28. The fourth-order valence-corrected chi connectivity index (χ4v) is 5.35. The van der Waals surface area contributed by atoms with Gasteiger partial charge < -0.3 is 10.0 Å². The summed E-state index contributed by atoms with van der Waals surface area (Å²) < 4.78 is 2.43. The predicted octanol–water partition coefficient (Wildman–Crippen LogP) is 6.40. The molecule has 2 aliphatic heterocycles. The van der Waals surface area contributed by atoms with Crippen molar-refractivity contribution in [2.75, 3.05) is 18.5 Å². The summed E-state index contributed by atoms with van der Waals surface area (Å²) in [7, 11) is 2.15. The lowest BCUT2D eigenvalue weighted by Gasteiger charge is -2.16. The van der Waals surface area contributed by atoms with Crippen molar-refractivity contribution in [2.45, 2.75) is 57.8 Å². The van der Waals surface area contributed by atoms with Crippen LogP contribution >= 0.6 is 0 Å². The van der Waals surface area contributed by atoms with Crippen LogP contribution in [0.4, 0.5) is 11.4 Å². The zero-order valence-electron chi connectivity index (χ0n) is 20.2. The molecule has 0 saturated carbocycles. The number of fused-ring (bicyclic) bond motifs is 2. The average Bonchev–Trinajstić information content (AvgIpc) is 3.16. The zero-order chi connectivity index (χ0) is 23.6. The molecule has 2 heterocycles. The first-order valence-corrected chi connectivity index (χ1v) is 12.0. The number of hydrogen-bond acceptors (Lipinski definition) is 2. The van der Waals surface area contributed by atoms with Crippen LogP contribution in [0.3, 0.4) is 0 Å².